The fourth-order valence-corrected chi connectivity index (χ4v) is 1.73. The average molecular weight is 266 g/mol. The zero-order valence-electron chi connectivity index (χ0n) is 9.98. The molecule has 1 heterocycles. The second-order valence-electron chi connectivity index (χ2n) is 3.68. The van der Waals surface area contributed by atoms with Crippen LogP contribution in [0, 0.1) is 6.92 Å². The Bertz CT molecular complexity index is 580. The van der Waals surface area contributed by atoms with Crippen LogP contribution in [0.1, 0.15) is 5.69 Å². The molecule has 0 spiro atoms. The number of hydrogen-bond acceptors (Lipinski definition) is 3. The SMILES string of the molecule is COC(=O)Nc1cc(C)nn1-c1cccc(Cl)c1. The van der Waals surface area contributed by atoms with Crippen molar-refractivity contribution in [3.05, 3.63) is 41.0 Å². The minimum Gasteiger partial charge on any atom is -0.453 e. The number of carbonyl (C=O) groups excluding carboxylic acids is 1. The van der Waals surface area contributed by atoms with Gasteiger partial charge in [-0.25, -0.2) is 9.48 Å². The number of methoxy groups -OCH3 is 1. The van der Waals surface area contributed by atoms with Crippen LogP contribution in [-0.4, -0.2) is 23.0 Å². The summed E-state index contributed by atoms with van der Waals surface area (Å²) in [6, 6.07) is 8.94. The summed E-state index contributed by atoms with van der Waals surface area (Å²) in [4.78, 5) is 11.2. The van der Waals surface area contributed by atoms with Crippen molar-refractivity contribution in [3.8, 4) is 5.69 Å². The highest BCUT2D eigenvalue weighted by atomic mass is 35.5. The predicted molar refractivity (Wildman–Crippen MR) is 69.3 cm³/mol. The van der Waals surface area contributed by atoms with Gasteiger partial charge >= 0.3 is 6.09 Å². The molecule has 0 saturated heterocycles. The van der Waals surface area contributed by atoms with Gasteiger partial charge in [-0.1, -0.05) is 17.7 Å². The lowest BCUT2D eigenvalue weighted by atomic mass is 10.3. The number of amides is 1. The molecule has 0 saturated carbocycles. The van der Waals surface area contributed by atoms with Crippen molar-refractivity contribution >= 4 is 23.5 Å². The van der Waals surface area contributed by atoms with E-state index in [1.54, 1.807) is 22.9 Å². The van der Waals surface area contributed by atoms with Gasteiger partial charge in [0.05, 0.1) is 18.5 Å². The van der Waals surface area contributed by atoms with Gasteiger partial charge < -0.3 is 4.74 Å². The van der Waals surface area contributed by atoms with Crippen LogP contribution in [0.2, 0.25) is 5.02 Å². The van der Waals surface area contributed by atoms with Crippen molar-refractivity contribution in [1.82, 2.24) is 9.78 Å². The van der Waals surface area contributed by atoms with Gasteiger partial charge in [-0.15, -0.1) is 0 Å². The number of rotatable bonds is 2. The van der Waals surface area contributed by atoms with Crippen LogP contribution >= 0.6 is 11.6 Å². The van der Waals surface area contributed by atoms with E-state index in [-0.39, 0.29) is 0 Å². The molecule has 1 N–H and O–H groups in total. The van der Waals surface area contributed by atoms with Gasteiger partial charge in [0.1, 0.15) is 5.82 Å². The Morgan fingerprint density at radius 2 is 2.22 bits per heavy atom. The Balaban J connectivity index is 2.41. The highest BCUT2D eigenvalue weighted by Gasteiger charge is 2.10. The number of anilines is 1. The lowest BCUT2D eigenvalue weighted by Crippen LogP contribution is -2.14. The second kappa shape index (κ2) is 5.10. The van der Waals surface area contributed by atoms with Crippen LogP contribution in [0.3, 0.4) is 0 Å². The number of ether oxygens (including phenoxy) is 1. The van der Waals surface area contributed by atoms with Crippen molar-refractivity contribution in [3.63, 3.8) is 0 Å². The number of carbonyl (C=O) groups is 1. The quantitative estimate of drug-likeness (QED) is 0.908. The number of hydrogen-bond donors (Lipinski definition) is 1. The molecular formula is C12H12ClN3O2. The van der Waals surface area contributed by atoms with Crippen molar-refractivity contribution in [1.29, 1.82) is 0 Å². The number of halogens is 1. The summed E-state index contributed by atoms with van der Waals surface area (Å²) >= 11 is 5.93. The molecule has 0 bridgehead atoms. The molecule has 0 unspecified atom stereocenters. The summed E-state index contributed by atoms with van der Waals surface area (Å²) < 4.78 is 6.16. The number of aromatic nitrogens is 2. The molecule has 0 aliphatic heterocycles. The van der Waals surface area contributed by atoms with Crippen LogP contribution in [0.5, 0.6) is 0 Å². The first-order valence-electron chi connectivity index (χ1n) is 5.28. The molecule has 1 aromatic heterocycles. The highest BCUT2D eigenvalue weighted by Crippen LogP contribution is 2.20. The average Bonchev–Trinajstić information content (AvgIpc) is 2.70. The van der Waals surface area contributed by atoms with Gasteiger partial charge in [-0.2, -0.15) is 5.10 Å². The second-order valence-corrected chi connectivity index (χ2v) is 4.12. The van der Waals surface area contributed by atoms with E-state index in [0.29, 0.717) is 10.8 Å². The fourth-order valence-electron chi connectivity index (χ4n) is 1.55. The maximum atomic E-state index is 11.2. The first-order valence-corrected chi connectivity index (χ1v) is 5.65. The Hall–Kier alpha value is -2.01. The van der Waals surface area contributed by atoms with E-state index in [0.717, 1.165) is 11.4 Å². The van der Waals surface area contributed by atoms with Crippen LogP contribution < -0.4 is 5.32 Å². The third-order valence-electron chi connectivity index (χ3n) is 2.30. The topological polar surface area (TPSA) is 56.1 Å². The smallest absolute Gasteiger partial charge is 0.412 e. The molecule has 0 radical (unpaired) electrons. The maximum Gasteiger partial charge on any atom is 0.412 e. The predicted octanol–water partition coefficient (Wildman–Crippen LogP) is 3.01. The van der Waals surface area contributed by atoms with Gasteiger partial charge in [-0.05, 0) is 25.1 Å². The zero-order chi connectivity index (χ0) is 13.1. The number of benzene rings is 1. The Kier molecular flexibility index (Phi) is 3.53. The number of nitrogens with one attached hydrogen (secondary N) is 1. The summed E-state index contributed by atoms with van der Waals surface area (Å²) in [5, 5.41) is 7.49. The summed E-state index contributed by atoms with van der Waals surface area (Å²) in [7, 11) is 1.31. The van der Waals surface area contributed by atoms with Crippen LogP contribution in [0.25, 0.3) is 5.69 Å². The molecule has 0 atom stereocenters. The van der Waals surface area contributed by atoms with E-state index in [4.69, 9.17) is 11.6 Å². The minimum absolute atomic E-state index is 0.529. The summed E-state index contributed by atoms with van der Waals surface area (Å²) in [5.41, 5.74) is 1.54. The molecule has 5 nitrogen and oxygen atoms in total. The first kappa shape index (κ1) is 12.4. The van der Waals surface area contributed by atoms with E-state index in [1.165, 1.54) is 7.11 Å². The normalized spacial score (nSPS) is 10.2. The molecule has 6 heteroatoms. The molecule has 1 amide bonds. The number of aryl methyl sites for hydroxylation is 1. The molecule has 2 rings (SSSR count). The highest BCUT2D eigenvalue weighted by molar-refractivity contribution is 6.30. The van der Waals surface area contributed by atoms with Gasteiger partial charge in [0.15, 0.2) is 0 Å². The lowest BCUT2D eigenvalue weighted by molar-refractivity contribution is 0.186. The molecular weight excluding hydrogens is 254 g/mol. The van der Waals surface area contributed by atoms with Crippen LogP contribution in [0.15, 0.2) is 30.3 Å². The van der Waals surface area contributed by atoms with Gasteiger partial charge in [0, 0.05) is 11.1 Å². The van der Waals surface area contributed by atoms with Crippen molar-refractivity contribution in [2.24, 2.45) is 0 Å². The zero-order valence-corrected chi connectivity index (χ0v) is 10.7. The summed E-state index contributed by atoms with van der Waals surface area (Å²) in [5.74, 6) is 0.529. The van der Waals surface area contributed by atoms with Gasteiger partial charge in [0.25, 0.3) is 0 Å². The third kappa shape index (κ3) is 2.62. The minimum atomic E-state index is -0.543. The monoisotopic (exact) mass is 265 g/mol. The molecule has 18 heavy (non-hydrogen) atoms. The molecule has 0 fully saturated rings. The largest absolute Gasteiger partial charge is 0.453 e. The molecule has 1 aromatic carbocycles. The van der Waals surface area contributed by atoms with Crippen molar-refractivity contribution in [2.45, 2.75) is 6.92 Å². The Labute approximate surface area is 109 Å². The molecule has 0 aliphatic carbocycles. The molecule has 94 valence electrons. The maximum absolute atomic E-state index is 11.2. The van der Waals surface area contributed by atoms with Gasteiger partial charge in [0.2, 0.25) is 0 Å². The van der Waals surface area contributed by atoms with E-state index < -0.39 is 6.09 Å². The van der Waals surface area contributed by atoms with Crippen molar-refractivity contribution in [2.75, 3.05) is 12.4 Å². The lowest BCUT2D eigenvalue weighted by Gasteiger charge is -2.08. The standard InChI is InChI=1S/C12H12ClN3O2/c1-8-6-11(14-12(17)18-2)16(15-8)10-5-3-4-9(13)7-10/h3-7H,1-2H3,(H,14,17). The summed E-state index contributed by atoms with van der Waals surface area (Å²) in [6.07, 6.45) is -0.543. The number of nitrogens with zero attached hydrogens (tertiary/aromatic N) is 2. The first-order chi connectivity index (χ1) is 8.60. The van der Waals surface area contributed by atoms with Crippen LogP contribution in [-0.2, 0) is 4.74 Å². The van der Waals surface area contributed by atoms with Gasteiger partial charge in [-0.3, -0.25) is 5.32 Å². The van der Waals surface area contributed by atoms with Crippen LogP contribution in [0.4, 0.5) is 10.6 Å². The molecule has 0 aliphatic rings. The fraction of sp³-hybridized carbons (Fsp3) is 0.167. The van der Waals surface area contributed by atoms with Crippen molar-refractivity contribution < 1.29 is 9.53 Å². The Morgan fingerprint density at radius 3 is 2.89 bits per heavy atom. The molecule has 2 aromatic rings. The van der Waals surface area contributed by atoms with E-state index in [9.17, 15) is 4.79 Å². The third-order valence-corrected chi connectivity index (χ3v) is 2.53. The van der Waals surface area contributed by atoms with E-state index in [2.05, 4.69) is 15.2 Å². The van der Waals surface area contributed by atoms with E-state index in [1.807, 2.05) is 19.1 Å². The summed E-state index contributed by atoms with van der Waals surface area (Å²) in [6.45, 7) is 1.84. The Morgan fingerprint density at radius 1 is 1.44 bits per heavy atom. The van der Waals surface area contributed by atoms with E-state index >= 15 is 0 Å².